The van der Waals surface area contributed by atoms with Gasteiger partial charge in [0.2, 0.25) is 0 Å². The third kappa shape index (κ3) is 9.89. The minimum absolute atomic E-state index is 0. The van der Waals surface area contributed by atoms with Gasteiger partial charge in [-0.3, -0.25) is 9.11 Å². The molecule has 8 nitrogen and oxygen atoms in total. The van der Waals surface area contributed by atoms with E-state index in [1.165, 1.54) is 20.3 Å². The molecule has 0 aliphatic rings. The normalized spacial score (nSPS) is 9.40. The van der Waals surface area contributed by atoms with Crippen molar-refractivity contribution in [2.75, 3.05) is 14.2 Å². The standard InChI is InChI=1S/C10H10O4.Na.H2O4S.H/c1-13-9(11)7-4-3-5-8(6-7)10(12)14-2;;1-5(2,3)4;/h3-6H,1-2H3;;(H2,1,2,3,4);/q;+1;;-1. The van der Waals surface area contributed by atoms with Gasteiger partial charge in [0.05, 0.1) is 25.3 Å². The molecule has 1 rings (SSSR count). The summed E-state index contributed by atoms with van der Waals surface area (Å²) in [7, 11) is -2.10. The summed E-state index contributed by atoms with van der Waals surface area (Å²) in [5.41, 5.74) is 0.658. The number of carbonyl (C=O) groups excluding carboxylic acids is 2. The Bertz CT molecular complexity index is 521. The molecule has 1 aromatic carbocycles. The van der Waals surface area contributed by atoms with E-state index in [4.69, 9.17) is 17.5 Å². The van der Waals surface area contributed by atoms with Crippen molar-refractivity contribution in [3.05, 3.63) is 35.4 Å². The predicted octanol–water partition coefficient (Wildman–Crippen LogP) is -2.28. The quantitative estimate of drug-likeness (QED) is 0.355. The Morgan fingerprint density at radius 1 is 1.05 bits per heavy atom. The van der Waals surface area contributed by atoms with Crippen LogP contribution >= 0.6 is 0 Å². The molecule has 0 atom stereocenters. The molecule has 20 heavy (non-hydrogen) atoms. The Balaban J connectivity index is -0.000000405. The Morgan fingerprint density at radius 3 is 1.60 bits per heavy atom. The maximum atomic E-state index is 11.1. The molecule has 0 heterocycles. The van der Waals surface area contributed by atoms with Crippen LogP contribution in [0, 0.1) is 0 Å². The van der Waals surface area contributed by atoms with E-state index < -0.39 is 22.3 Å². The Hall–Kier alpha value is -0.970. The average molecular weight is 316 g/mol. The van der Waals surface area contributed by atoms with Crippen molar-refractivity contribution < 1.29 is 67.6 Å². The van der Waals surface area contributed by atoms with E-state index in [-0.39, 0.29) is 31.0 Å². The third-order valence-electron chi connectivity index (χ3n) is 1.70. The number of methoxy groups -OCH3 is 2. The van der Waals surface area contributed by atoms with Gasteiger partial charge in [-0.05, 0) is 18.2 Å². The molecule has 0 aromatic heterocycles. The fourth-order valence-corrected chi connectivity index (χ4v) is 1.01. The molecule has 0 aliphatic heterocycles. The van der Waals surface area contributed by atoms with Crippen LogP contribution in [0.2, 0.25) is 0 Å². The molecule has 10 heteroatoms. The molecular formula is C10H13NaO8S. The van der Waals surface area contributed by atoms with E-state index >= 15 is 0 Å². The molecule has 0 fully saturated rings. The van der Waals surface area contributed by atoms with E-state index in [9.17, 15) is 9.59 Å². The van der Waals surface area contributed by atoms with Crippen LogP contribution in [0.5, 0.6) is 0 Å². The van der Waals surface area contributed by atoms with Gasteiger partial charge in [0.15, 0.2) is 0 Å². The van der Waals surface area contributed by atoms with Crippen molar-refractivity contribution in [2.45, 2.75) is 0 Å². The summed E-state index contributed by atoms with van der Waals surface area (Å²) in [5.74, 6) is -0.952. The molecule has 0 saturated carbocycles. The summed E-state index contributed by atoms with van der Waals surface area (Å²) >= 11 is 0. The van der Waals surface area contributed by atoms with Gasteiger partial charge in [-0.15, -0.1) is 0 Å². The fourth-order valence-electron chi connectivity index (χ4n) is 1.01. The molecule has 0 radical (unpaired) electrons. The molecule has 108 valence electrons. The SMILES string of the molecule is COC(=O)c1cccc(C(=O)OC)c1.O=S(=O)(O)O.[H-].[Na+]. The van der Waals surface area contributed by atoms with Crippen LogP contribution in [-0.2, 0) is 19.9 Å². The van der Waals surface area contributed by atoms with Crippen LogP contribution in [0.3, 0.4) is 0 Å². The molecular weight excluding hydrogens is 303 g/mol. The molecule has 0 amide bonds. The van der Waals surface area contributed by atoms with E-state index in [0.717, 1.165) is 0 Å². The first-order chi connectivity index (χ1) is 8.69. The summed E-state index contributed by atoms with van der Waals surface area (Å²) in [6.45, 7) is 0. The number of carbonyl (C=O) groups is 2. The second-order valence-corrected chi connectivity index (χ2v) is 3.91. The number of hydrogen-bond acceptors (Lipinski definition) is 6. The largest absolute Gasteiger partial charge is 1.00 e. The summed E-state index contributed by atoms with van der Waals surface area (Å²) in [5, 5.41) is 0. The van der Waals surface area contributed by atoms with E-state index in [1.807, 2.05) is 0 Å². The van der Waals surface area contributed by atoms with Crippen molar-refractivity contribution >= 4 is 22.3 Å². The molecule has 1 aromatic rings. The van der Waals surface area contributed by atoms with Crippen molar-refractivity contribution in [1.29, 1.82) is 0 Å². The monoisotopic (exact) mass is 316 g/mol. The van der Waals surface area contributed by atoms with Gasteiger partial charge in [0, 0.05) is 0 Å². The average Bonchev–Trinajstić information content (AvgIpc) is 2.35. The third-order valence-corrected chi connectivity index (χ3v) is 1.70. The zero-order valence-corrected chi connectivity index (χ0v) is 13.9. The maximum Gasteiger partial charge on any atom is 1.00 e. The molecule has 0 unspecified atom stereocenters. The van der Waals surface area contributed by atoms with Gasteiger partial charge in [-0.1, -0.05) is 6.07 Å². The van der Waals surface area contributed by atoms with E-state index in [0.29, 0.717) is 11.1 Å². The van der Waals surface area contributed by atoms with Crippen LogP contribution in [0.15, 0.2) is 24.3 Å². The number of ether oxygens (including phenoxy) is 2. The van der Waals surface area contributed by atoms with Crippen LogP contribution in [-0.4, -0.2) is 43.7 Å². The van der Waals surface area contributed by atoms with Crippen LogP contribution in [0.4, 0.5) is 0 Å². The summed E-state index contributed by atoms with van der Waals surface area (Å²) < 4.78 is 40.6. The van der Waals surface area contributed by atoms with Crippen molar-refractivity contribution in [1.82, 2.24) is 0 Å². The van der Waals surface area contributed by atoms with E-state index in [1.54, 1.807) is 18.2 Å². The van der Waals surface area contributed by atoms with Crippen molar-refractivity contribution in [3.63, 3.8) is 0 Å². The molecule has 0 saturated heterocycles. The van der Waals surface area contributed by atoms with Crippen LogP contribution in [0.1, 0.15) is 22.1 Å². The molecule has 2 N–H and O–H groups in total. The first kappa shape index (κ1) is 21.3. The Morgan fingerprint density at radius 2 is 1.35 bits per heavy atom. The van der Waals surface area contributed by atoms with Gasteiger partial charge in [-0.25, -0.2) is 9.59 Å². The molecule has 0 aliphatic carbocycles. The number of esters is 2. The number of rotatable bonds is 2. The first-order valence-corrected chi connectivity index (χ1v) is 6.05. The second kappa shape index (κ2) is 9.86. The summed E-state index contributed by atoms with van der Waals surface area (Å²) in [6.07, 6.45) is 0. The van der Waals surface area contributed by atoms with Crippen LogP contribution < -0.4 is 29.6 Å². The predicted molar refractivity (Wildman–Crippen MR) is 64.4 cm³/mol. The zero-order chi connectivity index (χ0) is 15.1. The van der Waals surface area contributed by atoms with Gasteiger partial charge >= 0.3 is 51.9 Å². The maximum absolute atomic E-state index is 11.1. The fraction of sp³-hybridized carbons (Fsp3) is 0.200. The number of benzene rings is 1. The van der Waals surface area contributed by atoms with Gasteiger partial charge in [0.25, 0.3) is 0 Å². The smallest absolute Gasteiger partial charge is 1.00 e. The number of hydrogen-bond donors (Lipinski definition) is 2. The molecule has 0 spiro atoms. The van der Waals surface area contributed by atoms with Gasteiger partial charge in [-0.2, -0.15) is 8.42 Å². The van der Waals surface area contributed by atoms with Gasteiger partial charge in [0.1, 0.15) is 0 Å². The minimum Gasteiger partial charge on any atom is -1.00 e. The topological polar surface area (TPSA) is 127 Å². The first-order valence-electron chi connectivity index (χ1n) is 4.65. The Labute approximate surface area is 139 Å². The second-order valence-electron chi connectivity index (χ2n) is 3.01. The summed E-state index contributed by atoms with van der Waals surface area (Å²) in [4.78, 5) is 22.2. The zero-order valence-electron chi connectivity index (χ0n) is 12.1. The van der Waals surface area contributed by atoms with Crippen molar-refractivity contribution in [2.24, 2.45) is 0 Å². The van der Waals surface area contributed by atoms with Gasteiger partial charge < -0.3 is 10.9 Å². The Kier molecular flexibility index (Phi) is 10.5. The van der Waals surface area contributed by atoms with Crippen molar-refractivity contribution in [3.8, 4) is 0 Å². The summed E-state index contributed by atoms with van der Waals surface area (Å²) in [6, 6.07) is 6.16. The van der Waals surface area contributed by atoms with Crippen LogP contribution in [0.25, 0.3) is 0 Å². The molecule has 0 bridgehead atoms. The minimum atomic E-state index is -4.67. The van der Waals surface area contributed by atoms with E-state index in [2.05, 4.69) is 9.47 Å².